The van der Waals surface area contributed by atoms with Crippen molar-refractivity contribution in [2.45, 2.75) is 19.3 Å². The van der Waals surface area contributed by atoms with Gasteiger partial charge in [-0.1, -0.05) is 27.5 Å². The molecular formula is C10H10BrClO. The van der Waals surface area contributed by atoms with Crippen LogP contribution in [0, 0.1) is 0 Å². The van der Waals surface area contributed by atoms with E-state index in [0.29, 0.717) is 5.02 Å². The SMILES string of the molecule is CC(C)(C=O)c1cc(Cl)cc(Br)c1. The number of hydrogen-bond donors (Lipinski definition) is 0. The van der Waals surface area contributed by atoms with Crippen LogP contribution in [0.2, 0.25) is 5.02 Å². The highest BCUT2D eigenvalue weighted by Crippen LogP contribution is 2.27. The van der Waals surface area contributed by atoms with Crippen LogP contribution in [0.4, 0.5) is 0 Å². The lowest BCUT2D eigenvalue weighted by atomic mass is 9.86. The van der Waals surface area contributed by atoms with Gasteiger partial charge in [-0.15, -0.1) is 0 Å². The van der Waals surface area contributed by atoms with E-state index < -0.39 is 5.41 Å². The summed E-state index contributed by atoms with van der Waals surface area (Å²) in [4.78, 5) is 10.8. The average molecular weight is 262 g/mol. The van der Waals surface area contributed by atoms with Crippen molar-refractivity contribution in [3.63, 3.8) is 0 Å². The predicted octanol–water partition coefficient (Wildman–Crippen LogP) is 3.58. The maximum absolute atomic E-state index is 10.8. The number of halogens is 2. The van der Waals surface area contributed by atoms with Gasteiger partial charge in [0.1, 0.15) is 6.29 Å². The van der Waals surface area contributed by atoms with Crippen LogP contribution >= 0.6 is 27.5 Å². The molecule has 0 radical (unpaired) electrons. The largest absolute Gasteiger partial charge is 0.302 e. The van der Waals surface area contributed by atoms with E-state index in [2.05, 4.69) is 15.9 Å². The summed E-state index contributed by atoms with van der Waals surface area (Å²) in [7, 11) is 0. The molecule has 1 rings (SSSR count). The first-order chi connectivity index (χ1) is 5.95. The fraction of sp³-hybridized carbons (Fsp3) is 0.300. The summed E-state index contributed by atoms with van der Waals surface area (Å²) in [5.74, 6) is 0. The Bertz CT molecular complexity index is 313. The zero-order valence-electron chi connectivity index (χ0n) is 7.47. The third kappa shape index (κ3) is 2.55. The minimum absolute atomic E-state index is 0.479. The summed E-state index contributed by atoms with van der Waals surface area (Å²) in [6.45, 7) is 3.72. The quantitative estimate of drug-likeness (QED) is 0.744. The first-order valence-corrected chi connectivity index (χ1v) is 5.06. The van der Waals surface area contributed by atoms with Crippen LogP contribution in [-0.2, 0) is 10.2 Å². The van der Waals surface area contributed by atoms with Gasteiger partial charge in [0, 0.05) is 14.9 Å². The highest BCUT2D eigenvalue weighted by molar-refractivity contribution is 9.10. The predicted molar refractivity (Wildman–Crippen MR) is 58.2 cm³/mol. The third-order valence-corrected chi connectivity index (χ3v) is 2.58. The lowest BCUT2D eigenvalue weighted by molar-refractivity contribution is -0.111. The molecule has 0 spiro atoms. The van der Waals surface area contributed by atoms with E-state index in [1.165, 1.54) is 0 Å². The Kier molecular flexibility index (Phi) is 3.14. The van der Waals surface area contributed by atoms with Crippen LogP contribution in [0.5, 0.6) is 0 Å². The lowest BCUT2D eigenvalue weighted by Gasteiger charge is -2.17. The maximum Gasteiger partial charge on any atom is 0.129 e. The molecule has 0 aliphatic carbocycles. The van der Waals surface area contributed by atoms with Crippen molar-refractivity contribution in [2.24, 2.45) is 0 Å². The molecule has 1 aromatic rings. The van der Waals surface area contributed by atoms with Crippen molar-refractivity contribution in [3.05, 3.63) is 33.3 Å². The van der Waals surface area contributed by atoms with Gasteiger partial charge in [-0.25, -0.2) is 0 Å². The fourth-order valence-corrected chi connectivity index (χ4v) is 1.85. The molecule has 0 saturated carbocycles. The molecule has 0 saturated heterocycles. The van der Waals surface area contributed by atoms with E-state index in [1.807, 2.05) is 19.9 Å². The molecular weight excluding hydrogens is 251 g/mol. The zero-order valence-corrected chi connectivity index (χ0v) is 9.82. The Labute approximate surface area is 91.2 Å². The molecule has 3 heteroatoms. The first kappa shape index (κ1) is 10.7. The number of carbonyl (C=O) groups excluding carboxylic acids is 1. The Morgan fingerprint density at radius 3 is 2.46 bits per heavy atom. The molecule has 0 fully saturated rings. The molecule has 0 aliphatic rings. The zero-order chi connectivity index (χ0) is 10.1. The van der Waals surface area contributed by atoms with Crippen molar-refractivity contribution in [2.75, 3.05) is 0 Å². The molecule has 1 nitrogen and oxygen atoms in total. The number of benzene rings is 1. The molecule has 0 amide bonds. The Morgan fingerprint density at radius 2 is 2.00 bits per heavy atom. The summed E-state index contributed by atoms with van der Waals surface area (Å²) >= 11 is 9.20. The second kappa shape index (κ2) is 3.81. The van der Waals surface area contributed by atoms with Crippen molar-refractivity contribution in [1.29, 1.82) is 0 Å². The Hall–Kier alpha value is -0.340. The van der Waals surface area contributed by atoms with Crippen molar-refractivity contribution in [3.8, 4) is 0 Å². The molecule has 13 heavy (non-hydrogen) atoms. The van der Waals surface area contributed by atoms with Gasteiger partial charge in [0.15, 0.2) is 0 Å². The van der Waals surface area contributed by atoms with E-state index in [0.717, 1.165) is 16.3 Å². The average Bonchev–Trinajstić information content (AvgIpc) is 2.02. The van der Waals surface area contributed by atoms with Crippen molar-refractivity contribution >= 4 is 33.8 Å². The number of hydrogen-bond acceptors (Lipinski definition) is 1. The van der Waals surface area contributed by atoms with Crippen LogP contribution in [-0.4, -0.2) is 6.29 Å². The van der Waals surface area contributed by atoms with E-state index >= 15 is 0 Å². The smallest absolute Gasteiger partial charge is 0.129 e. The topological polar surface area (TPSA) is 17.1 Å². The standard InChI is InChI=1S/C10H10BrClO/c1-10(2,6-13)7-3-8(11)5-9(12)4-7/h3-6H,1-2H3. The van der Waals surface area contributed by atoms with Gasteiger partial charge in [-0.3, -0.25) is 0 Å². The Morgan fingerprint density at radius 1 is 1.38 bits per heavy atom. The molecule has 0 atom stereocenters. The summed E-state index contributed by atoms with van der Waals surface area (Å²) in [6.07, 6.45) is 0.922. The van der Waals surface area contributed by atoms with Gasteiger partial charge in [-0.2, -0.15) is 0 Å². The second-order valence-electron chi connectivity index (χ2n) is 3.50. The molecule has 1 aromatic carbocycles. The fourth-order valence-electron chi connectivity index (χ4n) is 0.994. The number of carbonyl (C=O) groups is 1. The number of rotatable bonds is 2. The third-order valence-electron chi connectivity index (χ3n) is 1.90. The van der Waals surface area contributed by atoms with Gasteiger partial charge >= 0.3 is 0 Å². The summed E-state index contributed by atoms with van der Waals surface area (Å²) in [5.41, 5.74) is 0.440. The van der Waals surface area contributed by atoms with Crippen LogP contribution in [0.15, 0.2) is 22.7 Å². The minimum atomic E-state index is -0.479. The van der Waals surface area contributed by atoms with Gasteiger partial charge in [0.25, 0.3) is 0 Å². The van der Waals surface area contributed by atoms with Crippen molar-refractivity contribution in [1.82, 2.24) is 0 Å². The molecule has 0 aromatic heterocycles. The highest BCUT2D eigenvalue weighted by atomic mass is 79.9. The minimum Gasteiger partial charge on any atom is -0.302 e. The maximum atomic E-state index is 10.8. The summed E-state index contributed by atoms with van der Waals surface area (Å²) < 4.78 is 0.893. The molecule has 0 heterocycles. The van der Waals surface area contributed by atoms with Gasteiger partial charge in [0.2, 0.25) is 0 Å². The van der Waals surface area contributed by atoms with E-state index in [1.54, 1.807) is 12.1 Å². The van der Waals surface area contributed by atoms with Crippen LogP contribution in [0.25, 0.3) is 0 Å². The van der Waals surface area contributed by atoms with E-state index in [9.17, 15) is 4.79 Å². The molecule has 70 valence electrons. The monoisotopic (exact) mass is 260 g/mol. The molecule has 0 unspecified atom stereocenters. The van der Waals surface area contributed by atoms with Gasteiger partial charge in [-0.05, 0) is 37.6 Å². The van der Waals surface area contributed by atoms with E-state index in [-0.39, 0.29) is 0 Å². The van der Waals surface area contributed by atoms with Gasteiger partial charge < -0.3 is 4.79 Å². The van der Waals surface area contributed by atoms with E-state index in [4.69, 9.17) is 11.6 Å². The van der Waals surface area contributed by atoms with Crippen LogP contribution in [0.3, 0.4) is 0 Å². The second-order valence-corrected chi connectivity index (χ2v) is 4.85. The molecule has 0 bridgehead atoms. The highest BCUT2D eigenvalue weighted by Gasteiger charge is 2.19. The van der Waals surface area contributed by atoms with Crippen molar-refractivity contribution < 1.29 is 4.79 Å². The normalized spacial score (nSPS) is 11.4. The summed E-state index contributed by atoms with van der Waals surface area (Å²) in [6, 6.07) is 5.51. The van der Waals surface area contributed by atoms with Gasteiger partial charge in [0.05, 0.1) is 0 Å². The molecule has 0 N–H and O–H groups in total. The molecule has 0 aliphatic heterocycles. The first-order valence-electron chi connectivity index (χ1n) is 3.88. The van der Waals surface area contributed by atoms with Crippen LogP contribution in [0.1, 0.15) is 19.4 Å². The Balaban J connectivity index is 3.22. The number of aldehydes is 1. The lowest BCUT2D eigenvalue weighted by Crippen LogP contribution is -2.18. The summed E-state index contributed by atoms with van der Waals surface area (Å²) in [5, 5.41) is 0.638. The van der Waals surface area contributed by atoms with Crippen LogP contribution < -0.4 is 0 Å².